The Bertz CT molecular complexity index is 789. The van der Waals surface area contributed by atoms with Crippen LogP contribution in [0.1, 0.15) is 36.2 Å². The number of aromatic nitrogens is 3. The summed E-state index contributed by atoms with van der Waals surface area (Å²) in [5.74, 6) is 1.33. The second-order valence-corrected chi connectivity index (χ2v) is 8.01. The second-order valence-electron chi connectivity index (χ2n) is 8.01. The fourth-order valence-electron chi connectivity index (χ4n) is 5.18. The molecular formula is C20H25N5O. The highest BCUT2D eigenvalue weighted by atomic mass is 16.2. The highest BCUT2D eigenvalue weighted by molar-refractivity contribution is 5.93. The third kappa shape index (κ3) is 2.82. The molecule has 3 atom stereocenters. The summed E-state index contributed by atoms with van der Waals surface area (Å²) in [6.45, 7) is 4.16. The molecule has 136 valence electrons. The van der Waals surface area contributed by atoms with Crippen LogP contribution in [0.5, 0.6) is 0 Å². The Labute approximate surface area is 153 Å². The number of piperidine rings is 3. The molecule has 2 aromatic heterocycles. The van der Waals surface area contributed by atoms with Crippen LogP contribution >= 0.6 is 0 Å². The Balaban J connectivity index is 1.33. The zero-order valence-electron chi connectivity index (χ0n) is 15.0. The smallest absolute Gasteiger partial charge is 0.271 e. The van der Waals surface area contributed by atoms with E-state index in [0.717, 1.165) is 31.0 Å². The number of amides is 1. The van der Waals surface area contributed by atoms with Crippen molar-refractivity contribution in [3.05, 3.63) is 36.2 Å². The molecule has 5 heterocycles. The first-order chi connectivity index (χ1) is 12.8. The van der Waals surface area contributed by atoms with Crippen LogP contribution in [0.25, 0.3) is 11.4 Å². The highest BCUT2D eigenvalue weighted by Crippen LogP contribution is 2.37. The van der Waals surface area contributed by atoms with Gasteiger partial charge >= 0.3 is 0 Å². The van der Waals surface area contributed by atoms with E-state index in [2.05, 4.69) is 25.0 Å². The predicted molar refractivity (Wildman–Crippen MR) is 98.5 cm³/mol. The fraction of sp³-hybridized carbons (Fsp3) is 0.550. The zero-order chi connectivity index (χ0) is 17.5. The normalized spacial score (nSPS) is 28.6. The molecule has 1 N–H and O–H groups in total. The van der Waals surface area contributed by atoms with Crippen LogP contribution in [0, 0.1) is 11.8 Å². The van der Waals surface area contributed by atoms with Gasteiger partial charge in [0.05, 0.1) is 5.69 Å². The van der Waals surface area contributed by atoms with Crippen LogP contribution < -0.4 is 0 Å². The minimum absolute atomic E-state index is 0.0821. The topological polar surface area (TPSA) is 65.1 Å². The second kappa shape index (κ2) is 6.50. The molecule has 0 unspecified atom stereocenters. The van der Waals surface area contributed by atoms with Crippen molar-refractivity contribution in [3.8, 4) is 11.4 Å². The van der Waals surface area contributed by atoms with Gasteiger partial charge in [-0.15, -0.1) is 0 Å². The molecule has 26 heavy (non-hydrogen) atoms. The average molecular weight is 351 g/mol. The minimum atomic E-state index is 0.0821. The Morgan fingerprint density at radius 1 is 1.15 bits per heavy atom. The van der Waals surface area contributed by atoms with Gasteiger partial charge in [0.2, 0.25) is 0 Å². The number of aromatic amines is 1. The lowest BCUT2D eigenvalue weighted by atomic mass is 9.76. The number of H-pyrrole nitrogens is 1. The third-order valence-corrected chi connectivity index (χ3v) is 6.29. The van der Waals surface area contributed by atoms with Gasteiger partial charge in [-0.25, -0.2) is 0 Å². The quantitative estimate of drug-likeness (QED) is 0.902. The maximum atomic E-state index is 13.1. The van der Waals surface area contributed by atoms with Gasteiger partial charge in [-0.1, -0.05) is 12.5 Å². The summed E-state index contributed by atoms with van der Waals surface area (Å²) in [5.41, 5.74) is 2.09. The monoisotopic (exact) mass is 351 g/mol. The van der Waals surface area contributed by atoms with Gasteiger partial charge in [-0.05, 0) is 55.8 Å². The summed E-state index contributed by atoms with van der Waals surface area (Å²) < 4.78 is 0. The Kier molecular flexibility index (Phi) is 4.00. The number of carbonyl (C=O) groups excluding carboxylic acids is 1. The van der Waals surface area contributed by atoms with E-state index < -0.39 is 0 Å². The van der Waals surface area contributed by atoms with Crippen LogP contribution in [0.2, 0.25) is 0 Å². The molecule has 5 rings (SSSR count). The van der Waals surface area contributed by atoms with E-state index >= 15 is 0 Å². The van der Waals surface area contributed by atoms with Crippen molar-refractivity contribution in [1.82, 2.24) is 25.0 Å². The van der Waals surface area contributed by atoms with Crippen LogP contribution in [0.15, 0.2) is 30.5 Å². The highest BCUT2D eigenvalue weighted by Gasteiger charge is 2.42. The van der Waals surface area contributed by atoms with Crippen LogP contribution in [-0.2, 0) is 0 Å². The maximum Gasteiger partial charge on any atom is 0.271 e. The van der Waals surface area contributed by atoms with E-state index in [0.29, 0.717) is 23.6 Å². The van der Waals surface area contributed by atoms with E-state index in [1.807, 2.05) is 24.3 Å². The maximum absolute atomic E-state index is 13.1. The van der Waals surface area contributed by atoms with E-state index in [9.17, 15) is 4.79 Å². The summed E-state index contributed by atoms with van der Waals surface area (Å²) in [6, 6.07) is 8.24. The summed E-state index contributed by atoms with van der Waals surface area (Å²) in [6.07, 6.45) is 7.00. The molecule has 0 saturated carbocycles. The first-order valence-electron chi connectivity index (χ1n) is 9.78. The molecule has 0 aromatic carbocycles. The molecule has 0 aliphatic carbocycles. The van der Waals surface area contributed by atoms with Crippen molar-refractivity contribution in [2.75, 3.05) is 26.2 Å². The molecule has 0 spiro atoms. The van der Waals surface area contributed by atoms with E-state index in [4.69, 9.17) is 0 Å². The Hall–Kier alpha value is -2.21. The molecule has 1 amide bonds. The fourth-order valence-corrected chi connectivity index (χ4v) is 5.18. The van der Waals surface area contributed by atoms with Gasteiger partial charge < -0.3 is 4.90 Å². The molecule has 3 aliphatic rings. The molecule has 3 aliphatic heterocycles. The zero-order valence-corrected chi connectivity index (χ0v) is 15.0. The van der Waals surface area contributed by atoms with E-state index in [1.165, 1.54) is 32.2 Å². The van der Waals surface area contributed by atoms with Crippen LogP contribution in [-0.4, -0.2) is 63.1 Å². The molecule has 2 bridgehead atoms. The molecule has 0 radical (unpaired) electrons. The number of nitrogens with zero attached hydrogens (tertiary/aromatic N) is 4. The Morgan fingerprint density at radius 2 is 2.12 bits per heavy atom. The van der Waals surface area contributed by atoms with Crippen LogP contribution in [0.4, 0.5) is 0 Å². The van der Waals surface area contributed by atoms with Gasteiger partial charge in [0.1, 0.15) is 11.4 Å². The first kappa shape index (κ1) is 16.0. The lowest BCUT2D eigenvalue weighted by molar-refractivity contribution is -0.0244. The van der Waals surface area contributed by atoms with Gasteiger partial charge in [0, 0.05) is 31.9 Å². The minimum Gasteiger partial charge on any atom is -0.337 e. The van der Waals surface area contributed by atoms with Crippen molar-refractivity contribution in [3.63, 3.8) is 0 Å². The van der Waals surface area contributed by atoms with Gasteiger partial charge in [-0.3, -0.25) is 19.8 Å². The lowest BCUT2D eigenvalue weighted by Gasteiger charge is -2.52. The molecular weight excluding hydrogens is 326 g/mol. The van der Waals surface area contributed by atoms with Crippen molar-refractivity contribution >= 4 is 5.91 Å². The SMILES string of the molecule is O=C(c1cc(-c2ccccn2)n[nH]1)N1C[C@@H]2C[C@H](C1)[C@@H]1CCCCN1C2. The molecule has 6 nitrogen and oxygen atoms in total. The number of likely N-dealkylation sites (tertiary alicyclic amines) is 1. The average Bonchev–Trinajstić information content (AvgIpc) is 3.18. The summed E-state index contributed by atoms with van der Waals surface area (Å²) in [4.78, 5) is 22.1. The third-order valence-electron chi connectivity index (χ3n) is 6.29. The standard InChI is InChI=1S/C20H25N5O/c26-20(18-10-17(22-23-18)16-5-1-3-7-21-16)25-12-14-9-15(13-25)19-6-2-4-8-24(19)11-14/h1,3,5,7,10,14-15,19H,2,4,6,8-9,11-13H2,(H,22,23)/t14-,15-,19+/m1/s1. The molecule has 3 saturated heterocycles. The van der Waals surface area contributed by atoms with Crippen molar-refractivity contribution in [2.45, 2.75) is 31.7 Å². The van der Waals surface area contributed by atoms with Gasteiger partial charge in [-0.2, -0.15) is 5.10 Å². The van der Waals surface area contributed by atoms with E-state index in [-0.39, 0.29) is 5.91 Å². The lowest BCUT2D eigenvalue weighted by Crippen LogP contribution is -2.59. The number of carbonyl (C=O) groups is 1. The van der Waals surface area contributed by atoms with Crippen molar-refractivity contribution in [2.24, 2.45) is 11.8 Å². The largest absolute Gasteiger partial charge is 0.337 e. The summed E-state index contributed by atoms with van der Waals surface area (Å²) >= 11 is 0. The summed E-state index contributed by atoms with van der Waals surface area (Å²) in [7, 11) is 0. The number of rotatable bonds is 2. The van der Waals surface area contributed by atoms with Crippen molar-refractivity contribution in [1.29, 1.82) is 0 Å². The number of fused-ring (bicyclic) bond motifs is 4. The number of nitrogens with one attached hydrogen (secondary N) is 1. The number of pyridine rings is 1. The van der Waals surface area contributed by atoms with Gasteiger partial charge in [0.25, 0.3) is 5.91 Å². The Morgan fingerprint density at radius 3 is 3.00 bits per heavy atom. The van der Waals surface area contributed by atoms with Crippen molar-refractivity contribution < 1.29 is 4.79 Å². The predicted octanol–water partition coefficient (Wildman–Crippen LogP) is 2.42. The van der Waals surface area contributed by atoms with Gasteiger partial charge in [0.15, 0.2) is 0 Å². The first-order valence-corrected chi connectivity index (χ1v) is 9.78. The number of hydrogen-bond acceptors (Lipinski definition) is 4. The number of hydrogen-bond donors (Lipinski definition) is 1. The van der Waals surface area contributed by atoms with E-state index in [1.54, 1.807) is 6.20 Å². The molecule has 2 aromatic rings. The molecule has 6 heteroatoms. The summed E-state index contributed by atoms with van der Waals surface area (Å²) in [5, 5.41) is 7.23. The molecule has 3 fully saturated rings. The van der Waals surface area contributed by atoms with Crippen LogP contribution in [0.3, 0.4) is 0 Å².